The molecule has 1 aliphatic heterocycles. The zero-order valence-corrected chi connectivity index (χ0v) is 20.5. The van der Waals surface area contributed by atoms with E-state index in [2.05, 4.69) is 15.5 Å². The molecular formula is C22H17FN4O2S4. The Labute approximate surface area is 207 Å². The van der Waals surface area contributed by atoms with Crippen molar-refractivity contribution in [3.63, 3.8) is 0 Å². The highest BCUT2D eigenvalue weighted by Crippen LogP contribution is 2.33. The van der Waals surface area contributed by atoms with Gasteiger partial charge in [0.2, 0.25) is 11.0 Å². The molecule has 0 aliphatic carbocycles. The molecule has 2 aromatic carbocycles. The maximum Gasteiger partial charge on any atom is 0.266 e. The summed E-state index contributed by atoms with van der Waals surface area (Å²) >= 11 is 9.14. The van der Waals surface area contributed by atoms with Crippen molar-refractivity contribution in [1.29, 1.82) is 0 Å². The Kier molecular flexibility index (Phi) is 7.53. The number of carbonyl (C=O) groups excluding carboxylic acids is 2. The molecule has 2 amide bonds. The van der Waals surface area contributed by atoms with E-state index in [1.807, 2.05) is 31.2 Å². The molecule has 6 nitrogen and oxygen atoms in total. The largest absolute Gasteiger partial charge is 0.299 e. The molecule has 1 aromatic heterocycles. The fraction of sp³-hybridized carbons (Fsp3) is 0.136. The lowest BCUT2D eigenvalue weighted by Crippen LogP contribution is -2.36. The van der Waals surface area contributed by atoms with Gasteiger partial charge in [-0.2, -0.15) is 0 Å². The first-order valence-corrected chi connectivity index (χ1v) is 12.7. The second kappa shape index (κ2) is 10.6. The van der Waals surface area contributed by atoms with Crippen molar-refractivity contribution >= 4 is 74.4 Å². The molecule has 1 saturated heterocycles. The minimum Gasteiger partial charge on any atom is -0.299 e. The van der Waals surface area contributed by atoms with E-state index in [1.54, 1.807) is 18.2 Å². The first-order valence-electron chi connectivity index (χ1n) is 9.70. The molecule has 168 valence electrons. The Bertz CT molecular complexity index is 1230. The number of amides is 2. The monoisotopic (exact) mass is 516 g/mol. The Morgan fingerprint density at radius 1 is 1.18 bits per heavy atom. The van der Waals surface area contributed by atoms with Crippen molar-refractivity contribution < 1.29 is 14.0 Å². The molecule has 2 heterocycles. The van der Waals surface area contributed by atoms with Crippen molar-refractivity contribution in [3.8, 4) is 0 Å². The minimum atomic E-state index is -0.408. The smallest absolute Gasteiger partial charge is 0.266 e. The Balaban J connectivity index is 1.32. The summed E-state index contributed by atoms with van der Waals surface area (Å²) in [5.41, 5.74) is 2.98. The van der Waals surface area contributed by atoms with E-state index >= 15 is 0 Å². The number of carbonyl (C=O) groups is 2. The van der Waals surface area contributed by atoms with Crippen LogP contribution in [0.5, 0.6) is 0 Å². The average Bonchev–Trinajstić information content (AvgIpc) is 3.34. The van der Waals surface area contributed by atoms with Crippen LogP contribution >= 0.6 is 47.1 Å². The zero-order valence-electron chi connectivity index (χ0n) is 17.3. The van der Waals surface area contributed by atoms with Gasteiger partial charge in [0.15, 0.2) is 4.34 Å². The third-order valence-corrected chi connectivity index (χ3v) is 7.90. The van der Waals surface area contributed by atoms with Crippen LogP contribution in [0.2, 0.25) is 0 Å². The van der Waals surface area contributed by atoms with Crippen LogP contribution in [-0.4, -0.2) is 37.8 Å². The van der Waals surface area contributed by atoms with Gasteiger partial charge in [-0.15, -0.1) is 10.2 Å². The third kappa shape index (κ3) is 6.26. The fourth-order valence-electron chi connectivity index (χ4n) is 2.80. The number of thiocarbonyl (C=S) groups is 1. The maximum atomic E-state index is 13.0. The lowest BCUT2D eigenvalue weighted by Gasteiger charge is -2.13. The van der Waals surface area contributed by atoms with Crippen LogP contribution in [0.4, 0.5) is 9.52 Å². The molecule has 3 aromatic rings. The second-order valence-corrected chi connectivity index (χ2v) is 10.9. The van der Waals surface area contributed by atoms with Gasteiger partial charge in [-0.1, -0.05) is 89.0 Å². The number of rotatable bonds is 7. The summed E-state index contributed by atoms with van der Waals surface area (Å²) in [6.45, 7) is 1.79. The van der Waals surface area contributed by atoms with Gasteiger partial charge in [0.1, 0.15) is 16.7 Å². The normalized spacial score (nSPS) is 14.8. The highest BCUT2D eigenvalue weighted by atomic mass is 32.2. The van der Waals surface area contributed by atoms with Crippen LogP contribution in [-0.2, 0) is 15.3 Å². The number of thioether (sulfide) groups is 2. The SMILES string of the molecule is Cc1ccc(/C=C2\SC(=S)N(CC(=O)Nc3nnc(SCc4ccc(F)cc4)s3)C2=O)cc1. The van der Waals surface area contributed by atoms with Crippen LogP contribution < -0.4 is 5.32 Å². The summed E-state index contributed by atoms with van der Waals surface area (Å²) in [6.07, 6.45) is 1.77. The number of aromatic nitrogens is 2. The highest BCUT2D eigenvalue weighted by Gasteiger charge is 2.33. The van der Waals surface area contributed by atoms with Crippen LogP contribution in [0, 0.1) is 12.7 Å². The summed E-state index contributed by atoms with van der Waals surface area (Å²) in [5.74, 6) is -0.383. The summed E-state index contributed by atoms with van der Waals surface area (Å²) < 4.78 is 14.0. The van der Waals surface area contributed by atoms with Crippen molar-refractivity contribution in [2.75, 3.05) is 11.9 Å². The first-order chi connectivity index (χ1) is 15.9. The van der Waals surface area contributed by atoms with Gasteiger partial charge in [0.05, 0.1) is 4.91 Å². The number of nitrogens with one attached hydrogen (secondary N) is 1. The van der Waals surface area contributed by atoms with Gasteiger partial charge in [-0.25, -0.2) is 4.39 Å². The lowest BCUT2D eigenvalue weighted by molar-refractivity contribution is -0.126. The molecule has 0 saturated carbocycles. The van der Waals surface area contributed by atoms with Gasteiger partial charge in [0.25, 0.3) is 5.91 Å². The van der Waals surface area contributed by atoms with Crippen LogP contribution in [0.3, 0.4) is 0 Å². The Hall–Kier alpha value is -2.60. The predicted molar refractivity (Wildman–Crippen MR) is 136 cm³/mol. The van der Waals surface area contributed by atoms with Crippen molar-refractivity contribution in [3.05, 3.63) is 75.9 Å². The number of nitrogens with zero attached hydrogens (tertiary/aromatic N) is 3. The fourth-order valence-corrected chi connectivity index (χ4v) is 5.78. The molecule has 0 atom stereocenters. The summed E-state index contributed by atoms with van der Waals surface area (Å²) in [6, 6.07) is 14.0. The molecule has 33 heavy (non-hydrogen) atoms. The van der Waals surface area contributed by atoms with Gasteiger partial charge < -0.3 is 0 Å². The quantitative estimate of drug-likeness (QED) is 0.202. The van der Waals surface area contributed by atoms with E-state index in [0.717, 1.165) is 16.7 Å². The zero-order chi connectivity index (χ0) is 23.4. The number of aryl methyl sites for hydroxylation is 1. The predicted octanol–water partition coefficient (Wildman–Crippen LogP) is 5.12. The molecule has 0 bridgehead atoms. The van der Waals surface area contributed by atoms with Crippen molar-refractivity contribution in [2.24, 2.45) is 0 Å². The van der Waals surface area contributed by atoms with Crippen LogP contribution in [0.15, 0.2) is 57.8 Å². The number of anilines is 1. The van der Waals surface area contributed by atoms with E-state index in [0.29, 0.717) is 24.4 Å². The van der Waals surface area contributed by atoms with Crippen LogP contribution in [0.25, 0.3) is 6.08 Å². The molecule has 11 heteroatoms. The van der Waals surface area contributed by atoms with Gasteiger partial charge in [-0.3, -0.25) is 19.8 Å². The molecule has 0 radical (unpaired) electrons. The lowest BCUT2D eigenvalue weighted by atomic mass is 10.1. The molecule has 1 N–H and O–H groups in total. The van der Waals surface area contributed by atoms with E-state index < -0.39 is 5.91 Å². The number of halogens is 1. The maximum absolute atomic E-state index is 13.0. The minimum absolute atomic E-state index is 0.201. The van der Waals surface area contributed by atoms with E-state index in [4.69, 9.17) is 12.2 Å². The Morgan fingerprint density at radius 2 is 1.91 bits per heavy atom. The van der Waals surface area contributed by atoms with Crippen molar-refractivity contribution in [1.82, 2.24) is 15.1 Å². The average molecular weight is 517 g/mol. The van der Waals surface area contributed by atoms with E-state index in [9.17, 15) is 14.0 Å². The van der Waals surface area contributed by atoms with Crippen LogP contribution in [0.1, 0.15) is 16.7 Å². The summed E-state index contributed by atoms with van der Waals surface area (Å²) in [4.78, 5) is 27.0. The molecule has 1 aliphatic rings. The van der Waals surface area contributed by atoms with Gasteiger partial charge in [-0.05, 0) is 36.3 Å². The number of hydrogen-bond acceptors (Lipinski definition) is 8. The number of hydrogen-bond donors (Lipinski definition) is 1. The molecule has 4 rings (SSSR count). The summed E-state index contributed by atoms with van der Waals surface area (Å²) in [5, 5.41) is 11.0. The molecule has 0 spiro atoms. The first kappa shape index (κ1) is 23.6. The molecular weight excluding hydrogens is 500 g/mol. The standard InChI is InChI=1S/C22H17FN4O2S4/c1-13-2-4-14(5-3-13)10-17-19(29)27(22(30)32-17)11-18(28)24-20-25-26-21(33-20)31-12-15-6-8-16(23)9-7-15/h2-10H,11-12H2,1H3,(H,24,25,28)/b17-10-. The summed E-state index contributed by atoms with van der Waals surface area (Å²) in [7, 11) is 0. The molecule has 0 unspecified atom stereocenters. The van der Waals surface area contributed by atoms with E-state index in [1.165, 1.54) is 51.9 Å². The number of benzene rings is 2. The third-order valence-electron chi connectivity index (χ3n) is 4.48. The van der Waals surface area contributed by atoms with Crippen molar-refractivity contribution in [2.45, 2.75) is 17.0 Å². The van der Waals surface area contributed by atoms with E-state index in [-0.39, 0.29) is 18.3 Å². The Morgan fingerprint density at radius 3 is 2.64 bits per heavy atom. The van der Waals surface area contributed by atoms with Gasteiger partial charge in [0, 0.05) is 5.75 Å². The second-order valence-electron chi connectivity index (χ2n) is 7.01. The molecule has 1 fully saturated rings. The topological polar surface area (TPSA) is 75.2 Å². The highest BCUT2D eigenvalue weighted by molar-refractivity contribution is 8.26. The van der Waals surface area contributed by atoms with Gasteiger partial charge >= 0.3 is 0 Å².